The second-order valence-electron chi connectivity index (χ2n) is 4.29. The molecule has 0 bridgehead atoms. The maximum absolute atomic E-state index is 13.6. The number of benzene rings is 1. The Hall–Kier alpha value is -2.14. The van der Waals surface area contributed by atoms with Crippen LogP contribution in [0, 0.1) is 5.82 Å². The van der Waals surface area contributed by atoms with Crippen LogP contribution in [-0.2, 0) is 6.54 Å². The van der Waals surface area contributed by atoms with Crippen molar-refractivity contribution >= 4 is 5.91 Å². The average Bonchev–Trinajstić information content (AvgIpc) is 2.91. The number of carbonyl (C=O) groups is 1. The molecule has 0 aliphatic carbocycles. The van der Waals surface area contributed by atoms with Crippen molar-refractivity contribution in [2.45, 2.75) is 19.5 Å². The Kier molecular flexibility index (Phi) is 3.97. The molecular weight excluding hydrogens is 247 g/mol. The quantitative estimate of drug-likeness (QED) is 0.869. The zero-order chi connectivity index (χ0) is 13.8. The van der Waals surface area contributed by atoms with Gasteiger partial charge in [0.2, 0.25) is 5.91 Å². The molecule has 0 fully saturated rings. The second-order valence-corrected chi connectivity index (χ2v) is 4.29. The third-order valence-electron chi connectivity index (χ3n) is 2.90. The zero-order valence-electron chi connectivity index (χ0n) is 10.5. The Morgan fingerprint density at radius 3 is 2.89 bits per heavy atom. The summed E-state index contributed by atoms with van der Waals surface area (Å²) in [5, 5.41) is 3.12. The van der Waals surface area contributed by atoms with Crippen molar-refractivity contribution in [2.24, 2.45) is 5.73 Å². The van der Waals surface area contributed by atoms with Crippen LogP contribution < -0.4 is 11.1 Å². The molecule has 0 unspecified atom stereocenters. The first-order valence-electron chi connectivity index (χ1n) is 5.93. The van der Waals surface area contributed by atoms with Gasteiger partial charge in [-0.3, -0.25) is 4.79 Å². The topological polar surface area (TPSA) is 68.3 Å². The fraction of sp³-hybridized carbons (Fsp3) is 0.214. The first-order valence-corrected chi connectivity index (χ1v) is 5.93. The van der Waals surface area contributed by atoms with Gasteiger partial charge >= 0.3 is 0 Å². The first kappa shape index (κ1) is 13.3. The van der Waals surface area contributed by atoms with E-state index in [1.54, 1.807) is 12.3 Å². The maximum Gasteiger partial charge on any atom is 0.248 e. The van der Waals surface area contributed by atoms with E-state index in [4.69, 9.17) is 10.2 Å². The smallest absolute Gasteiger partial charge is 0.248 e. The molecule has 1 heterocycles. The minimum Gasteiger partial charge on any atom is -0.468 e. The normalized spacial score (nSPS) is 12.3. The molecule has 1 amide bonds. The van der Waals surface area contributed by atoms with Crippen molar-refractivity contribution < 1.29 is 13.6 Å². The van der Waals surface area contributed by atoms with E-state index in [1.165, 1.54) is 18.2 Å². The minimum absolute atomic E-state index is 0.0494. The molecule has 0 saturated carbocycles. The summed E-state index contributed by atoms with van der Waals surface area (Å²) >= 11 is 0. The van der Waals surface area contributed by atoms with E-state index in [0.717, 1.165) is 5.76 Å². The second kappa shape index (κ2) is 5.67. The molecule has 100 valence electrons. The summed E-state index contributed by atoms with van der Waals surface area (Å²) < 4.78 is 18.9. The number of carbonyl (C=O) groups excluding carboxylic acids is 1. The summed E-state index contributed by atoms with van der Waals surface area (Å²) in [5.41, 5.74) is 5.86. The SMILES string of the molecule is C[C@H](NCc1cc(C(N)=O)ccc1F)c1ccco1. The summed E-state index contributed by atoms with van der Waals surface area (Å²) in [6.45, 7) is 2.20. The largest absolute Gasteiger partial charge is 0.468 e. The predicted molar refractivity (Wildman–Crippen MR) is 68.9 cm³/mol. The van der Waals surface area contributed by atoms with Gasteiger partial charge in [-0.1, -0.05) is 0 Å². The van der Waals surface area contributed by atoms with E-state index in [1.807, 2.05) is 13.0 Å². The standard InChI is InChI=1S/C14H15FN2O2/c1-9(13-3-2-6-19-13)17-8-11-7-10(14(16)18)4-5-12(11)15/h2-7,9,17H,8H2,1H3,(H2,16,18)/t9-/m0/s1. The molecule has 3 N–H and O–H groups in total. The van der Waals surface area contributed by atoms with Gasteiger partial charge in [-0.05, 0) is 37.3 Å². The number of hydrogen-bond donors (Lipinski definition) is 2. The molecule has 19 heavy (non-hydrogen) atoms. The van der Waals surface area contributed by atoms with Gasteiger partial charge in [0.1, 0.15) is 11.6 Å². The molecule has 0 radical (unpaired) electrons. The van der Waals surface area contributed by atoms with Crippen LogP contribution in [0.25, 0.3) is 0 Å². The van der Waals surface area contributed by atoms with Crippen LogP contribution in [0.5, 0.6) is 0 Å². The molecule has 0 aliphatic heterocycles. The first-order chi connectivity index (χ1) is 9.08. The molecule has 1 aromatic heterocycles. The van der Waals surface area contributed by atoms with Crippen LogP contribution in [-0.4, -0.2) is 5.91 Å². The van der Waals surface area contributed by atoms with Gasteiger partial charge in [-0.2, -0.15) is 0 Å². The fourth-order valence-corrected chi connectivity index (χ4v) is 1.76. The summed E-state index contributed by atoms with van der Waals surface area (Å²) in [6, 6.07) is 7.66. The van der Waals surface area contributed by atoms with Crippen LogP contribution in [0.3, 0.4) is 0 Å². The molecule has 2 rings (SSSR count). The predicted octanol–water partition coefficient (Wildman–Crippen LogP) is 2.37. The fourth-order valence-electron chi connectivity index (χ4n) is 1.76. The van der Waals surface area contributed by atoms with E-state index in [2.05, 4.69) is 5.32 Å². The number of amides is 1. The van der Waals surface area contributed by atoms with Crippen molar-refractivity contribution in [3.05, 3.63) is 59.3 Å². The van der Waals surface area contributed by atoms with Gasteiger partial charge in [0, 0.05) is 17.7 Å². The Labute approximate surface area is 110 Å². The average molecular weight is 262 g/mol. The summed E-state index contributed by atoms with van der Waals surface area (Å²) in [5.74, 6) is -0.170. The number of halogens is 1. The highest BCUT2D eigenvalue weighted by Crippen LogP contribution is 2.15. The van der Waals surface area contributed by atoms with Crippen LogP contribution in [0.2, 0.25) is 0 Å². The molecule has 1 atom stereocenters. The molecule has 4 nitrogen and oxygen atoms in total. The van der Waals surface area contributed by atoms with Gasteiger partial charge in [-0.25, -0.2) is 4.39 Å². The van der Waals surface area contributed by atoms with Crippen molar-refractivity contribution in [1.82, 2.24) is 5.32 Å². The van der Waals surface area contributed by atoms with Crippen LogP contribution >= 0.6 is 0 Å². The highest BCUT2D eigenvalue weighted by Gasteiger charge is 2.11. The number of nitrogens with one attached hydrogen (secondary N) is 1. The zero-order valence-corrected chi connectivity index (χ0v) is 10.5. The summed E-state index contributed by atoms with van der Waals surface area (Å²) in [4.78, 5) is 11.1. The van der Waals surface area contributed by atoms with E-state index in [-0.39, 0.29) is 18.4 Å². The molecule has 2 aromatic rings. The highest BCUT2D eigenvalue weighted by molar-refractivity contribution is 5.92. The molecular formula is C14H15FN2O2. The van der Waals surface area contributed by atoms with Gasteiger partial charge in [0.15, 0.2) is 0 Å². The Bertz CT molecular complexity index is 567. The monoisotopic (exact) mass is 262 g/mol. The lowest BCUT2D eigenvalue weighted by atomic mass is 10.1. The van der Waals surface area contributed by atoms with Crippen molar-refractivity contribution in [2.75, 3.05) is 0 Å². The molecule has 1 aromatic carbocycles. The van der Waals surface area contributed by atoms with Gasteiger partial charge in [-0.15, -0.1) is 0 Å². The van der Waals surface area contributed by atoms with Crippen molar-refractivity contribution in [1.29, 1.82) is 0 Å². The third-order valence-corrected chi connectivity index (χ3v) is 2.90. The Morgan fingerprint density at radius 2 is 2.26 bits per heavy atom. The van der Waals surface area contributed by atoms with Crippen LogP contribution in [0.1, 0.15) is 34.6 Å². The summed E-state index contributed by atoms with van der Waals surface area (Å²) in [7, 11) is 0. The number of nitrogens with two attached hydrogens (primary N) is 1. The Balaban J connectivity index is 2.06. The lowest BCUT2D eigenvalue weighted by Crippen LogP contribution is -2.19. The van der Waals surface area contributed by atoms with Crippen LogP contribution in [0.4, 0.5) is 4.39 Å². The number of furan rings is 1. The maximum atomic E-state index is 13.6. The van der Waals surface area contributed by atoms with Crippen molar-refractivity contribution in [3.8, 4) is 0 Å². The third kappa shape index (κ3) is 3.20. The molecule has 0 spiro atoms. The summed E-state index contributed by atoms with van der Waals surface area (Å²) in [6.07, 6.45) is 1.59. The minimum atomic E-state index is -0.569. The van der Waals surface area contributed by atoms with E-state index < -0.39 is 5.91 Å². The molecule has 0 saturated heterocycles. The number of primary amides is 1. The van der Waals surface area contributed by atoms with E-state index in [9.17, 15) is 9.18 Å². The molecule has 0 aliphatic rings. The lowest BCUT2D eigenvalue weighted by Gasteiger charge is -2.12. The molecule has 5 heteroatoms. The number of rotatable bonds is 5. The van der Waals surface area contributed by atoms with Crippen LogP contribution in [0.15, 0.2) is 41.0 Å². The van der Waals surface area contributed by atoms with Gasteiger partial charge in [0.25, 0.3) is 0 Å². The van der Waals surface area contributed by atoms with Gasteiger partial charge in [0.05, 0.1) is 12.3 Å². The van der Waals surface area contributed by atoms with Crippen molar-refractivity contribution in [3.63, 3.8) is 0 Å². The van der Waals surface area contributed by atoms with E-state index >= 15 is 0 Å². The Morgan fingerprint density at radius 1 is 1.47 bits per heavy atom. The highest BCUT2D eigenvalue weighted by atomic mass is 19.1. The number of hydrogen-bond acceptors (Lipinski definition) is 3. The lowest BCUT2D eigenvalue weighted by molar-refractivity contribution is 0.1000. The van der Waals surface area contributed by atoms with Gasteiger partial charge < -0.3 is 15.5 Å². The van der Waals surface area contributed by atoms with E-state index in [0.29, 0.717) is 11.1 Å².